The van der Waals surface area contributed by atoms with E-state index in [1.165, 1.54) is 5.56 Å². The first kappa shape index (κ1) is 18.9. The second-order valence-corrected chi connectivity index (χ2v) is 7.04. The van der Waals surface area contributed by atoms with Crippen molar-refractivity contribution in [2.75, 3.05) is 6.61 Å². The van der Waals surface area contributed by atoms with Gasteiger partial charge in [0.05, 0.1) is 0 Å². The molecule has 0 aromatic heterocycles. The normalized spacial score (nSPS) is 10.8. The molecule has 4 aromatic rings. The highest BCUT2D eigenvalue weighted by atomic mass is 19.1. The molecule has 0 spiro atoms. The third kappa shape index (κ3) is 3.93. The Morgan fingerprint density at radius 3 is 2.21 bits per heavy atom. The molecule has 29 heavy (non-hydrogen) atoms. The summed E-state index contributed by atoms with van der Waals surface area (Å²) < 4.78 is 20.8. The van der Waals surface area contributed by atoms with Crippen LogP contribution < -0.4 is 4.74 Å². The second kappa shape index (κ2) is 8.32. The van der Waals surface area contributed by atoms with Crippen molar-refractivity contribution in [3.8, 4) is 28.0 Å². The van der Waals surface area contributed by atoms with Crippen LogP contribution in [0.4, 0.5) is 4.39 Å². The molecule has 0 N–H and O–H groups in total. The van der Waals surface area contributed by atoms with E-state index >= 15 is 4.39 Å². The average Bonchev–Trinajstić information content (AvgIpc) is 2.78. The molecular formula is C27H23FO. The van der Waals surface area contributed by atoms with E-state index in [2.05, 4.69) is 43.8 Å². The Morgan fingerprint density at radius 1 is 0.828 bits per heavy atom. The maximum atomic E-state index is 15.2. The lowest BCUT2D eigenvalue weighted by Crippen LogP contribution is -1.93. The summed E-state index contributed by atoms with van der Waals surface area (Å²) in [5.74, 6) is 0.545. The van der Waals surface area contributed by atoms with Gasteiger partial charge in [-0.3, -0.25) is 0 Å². The van der Waals surface area contributed by atoms with Gasteiger partial charge >= 0.3 is 0 Å². The van der Waals surface area contributed by atoms with Crippen molar-refractivity contribution in [3.05, 3.63) is 103 Å². The Morgan fingerprint density at radius 2 is 1.52 bits per heavy atom. The summed E-state index contributed by atoms with van der Waals surface area (Å²) in [6.07, 6.45) is 2.72. The third-order valence-corrected chi connectivity index (χ3v) is 5.18. The molecular weight excluding hydrogens is 359 g/mol. The van der Waals surface area contributed by atoms with Crippen molar-refractivity contribution < 1.29 is 9.13 Å². The van der Waals surface area contributed by atoms with E-state index < -0.39 is 0 Å². The minimum Gasteiger partial charge on any atom is -0.490 e. The average molecular weight is 382 g/mol. The molecule has 0 saturated carbocycles. The highest BCUT2D eigenvalue weighted by Crippen LogP contribution is 2.32. The van der Waals surface area contributed by atoms with Crippen molar-refractivity contribution >= 4 is 10.8 Å². The van der Waals surface area contributed by atoms with Crippen molar-refractivity contribution in [2.45, 2.75) is 13.3 Å². The van der Waals surface area contributed by atoms with Crippen molar-refractivity contribution in [3.63, 3.8) is 0 Å². The van der Waals surface area contributed by atoms with Crippen LogP contribution in [0.3, 0.4) is 0 Å². The van der Waals surface area contributed by atoms with E-state index in [0.717, 1.165) is 34.2 Å². The predicted molar refractivity (Wildman–Crippen MR) is 120 cm³/mol. The van der Waals surface area contributed by atoms with Gasteiger partial charge in [-0.1, -0.05) is 80.2 Å². The maximum Gasteiger partial charge on any atom is 0.138 e. The Labute approximate surface area is 171 Å². The number of aryl methyl sites for hydroxylation is 1. The van der Waals surface area contributed by atoms with Crippen LogP contribution in [-0.4, -0.2) is 6.61 Å². The zero-order valence-electron chi connectivity index (χ0n) is 16.5. The molecule has 0 radical (unpaired) electrons. The predicted octanol–water partition coefficient (Wildman–Crippen LogP) is 7.44. The minimum absolute atomic E-state index is 0.199. The van der Waals surface area contributed by atoms with E-state index in [1.54, 1.807) is 6.08 Å². The van der Waals surface area contributed by atoms with Gasteiger partial charge in [-0.05, 0) is 52.3 Å². The topological polar surface area (TPSA) is 9.23 Å². The van der Waals surface area contributed by atoms with Crippen LogP contribution in [0.2, 0.25) is 0 Å². The number of halogens is 1. The summed E-state index contributed by atoms with van der Waals surface area (Å²) in [6, 6.07) is 25.8. The molecule has 1 nitrogen and oxygen atoms in total. The van der Waals surface area contributed by atoms with Gasteiger partial charge in [0.1, 0.15) is 18.2 Å². The molecule has 0 aliphatic carbocycles. The Kier molecular flexibility index (Phi) is 5.44. The molecule has 0 atom stereocenters. The first-order valence-corrected chi connectivity index (χ1v) is 9.85. The summed E-state index contributed by atoms with van der Waals surface area (Å²) in [6.45, 7) is 6.24. The zero-order chi connectivity index (χ0) is 20.2. The molecule has 0 fully saturated rings. The number of hydrogen-bond donors (Lipinski definition) is 0. The van der Waals surface area contributed by atoms with E-state index in [4.69, 9.17) is 4.74 Å². The molecule has 4 aromatic carbocycles. The summed E-state index contributed by atoms with van der Waals surface area (Å²) in [4.78, 5) is 0. The summed E-state index contributed by atoms with van der Waals surface area (Å²) in [7, 11) is 0. The van der Waals surface area contributed by atoms with Crippen molar-refractivity contribution in [1.82, 2.24) is 0 Å². The number of ether oxygens (including phenoxy) is 1. The second-order valence-electron chi connectivity index (χ2n) is 7.04. The molecule has 0 amide bonds. The molecule has 0 saturated heterocycles. The molecule has 0 aliphatic heterocycles. The maximum absolute atomic E-state index is 15.2. The van der Waals surface area contributed by atoms with Gasteiger partial charge in [0.25, 0.3) is 0 Å². The number of hydrogen-bond acceptors (Lipinski definition) is 1. The van der Waals surface area contributed by atoms with Gasteiger partial charge < -0.3 is 4.74 Å². The molecule has 0 bridgehead atoms. The van der Waals surface area contributed by atoms with Crippen LogP contribution in [0, 0.1) is 5.82 Å². The van der Waals surface area contributed by atoms with Gasteiger partial charge in [-0.25, -0.2) is 4.39 Å². The largest absolute Gasteiger partial charge is 0.490 e. The summed E-state index contributed by atoms with van der Waals surface area (Å²) in [5, 5.41) is 1.53. The minimum atomic E-state index is -0.199. The Bertz CT molecular complexity index is 1140. The van der Waals surface area contributed by atoms with Gasteiger partial charge in [0, 0.05) is 10.9 Å². The van der Waals surface area contributed by atoms with Crippen LogP contribution >= 0.6 is 0 Å². The molecule has 4 rings (SSSR count). The molecule has 0 aliphatic rings. The highest BCUT2D eigenvalue weighted by Gasteiger charge is 2.11. The highest BCUT2D eigenvalue weighted by molar-refractivity contribution is 5.91. The van der Waals surface area contributed by atoms with Gasteiger partial charge in [-0.2, -0.15) is 0 Å². The third-order valence-electron chi connectivity index (χ3n) is 5.18. The molecule has 2 heteroatoms. The first-order chi connectivity index (χ1) is 14.2. The standard InChI is InChI=1S/C27H23FO/c1-3-17-29-24-13-9-21(10-14-24)25-16-12-23-18-22(11-15-26(23)27(25)28)20-7-5-19(4-2)6-8-20/h3,5-16,18H,1,4,17H2,2H3. The smallest absolute Gasteiger partial charge is 0.138 e. The van der Waals surface area contributed by atoms with Crippen LogP contribution in [0.25, 0.3) is 33.0 Å². The Hall–Kier alpha value is -3.39. The summed E-state index contributed by atoms with van der Waals surface area (Å²) in [5.41, 5.74) is 4.97. The first-order valence-electron chi connectivity index (χ1n) is 9.85. The van der Waals surface area contributed by atoms with Crippen LogP contribution in [-0.2, 0) is 6.42 Å². The lowest BCUT2D eigenvalue weighted by atomic mass is 9.96. The SMILES string of the molecule is C=CCOc1ccc(-c2ccc3cc(-c4ccc(CC)cc4)ccc3c2F)cc1. The van der Waals surface area contributed by atoms with Crippen molar-refractivity contribution in [1.29, 1.82) is 0 Å². The fourth-order valence-electron chi connectivity index (χ4n) is 3.51. The molecule has 0 heterocycles. The number of rotatable bonds is 6. The van der Waals surface area contributed by atoms with Crippen LogP contribution in [0.5, 0.6) is 5.75 Å². The quantitative estimate of drug-likeness (QED) is 0.315. The monoisotopic (exact) mass is 382 g/mol. The van der Waals surface area contributed by atoms with E-state index in [1.807, 2.05) is 48.5 Å². The lowest BCUT2D eigenvalue weighted by molar-refractivity contribution is 0.363. The number of fused-ring (bicyclic) bond motifs is 1. The van der Waals surface area contributed by atoms with E-state index in [9.17, 15) is 0 Å². The van der Waals surface area contributed by atoms with Gasteiger partial charge in [-0.15, -0.1) is 0 Å². The fourth-order valence-corrected chi connectivity index (χ4v) is 3.51. The molecule has 0 unspecified atom stereocenters. The van der Waals surface area contributed by atoms with E-state index in [-0.39, 0.29) is 5.82 Å². The van der Waals surface area contributed by atoms with Crippen molar-refractivity contribution in [2.24, 2.45) is 0 Å². The fraction of sp³-hybridized carbons (Fsp3) is 0.111. The summed E-state index contributed by atoms with van der Waals surface area (Å²) >= 11 is 0. The zero-order valence-corrected chi connectivity index (χ0v) is 16.5. The van der Waals surface area contributed by atoms with E-state index in [0.29, 0.717) is 17.6 Å². The molecule has 144 valence electrons. The number of benzene rings is 4. The van der Waals surface area contributed by atoms with Crippen LogP contribution in [0.15, 0.2) is 91.5 Å². The van der Waals surface area contributed by atoms with Gasteiger partial charge in [0.15, 0.2) is 0 Å². The van der Waals surface area contributed by atoms with Gasteiger partial charge in [0.2, 0.25) is 0 Å². The Balaban J connectivity index is 1.67. The van der Waals surface area contributed by atoms with Crippen LogP contribution in [0.1, 0.15) is 12.5 Å². The lowest BCUT2D eigenvalue weighted by Gasteiger charge is -2.10.